The highest BCUT2D eigenvalue weighted by Gasteiger charge is 2.25. The maximum Gasteiger partial charge on any atom is 0.281 e. The van der Waals surface area contributed by atoms with Crippen molar-refractivity contribution in [2.75, 3.05) is 12.4 Å². The molecule has 3 heterocycles. The molecule has 5 nitrogen and oxygen atoms in total. The molecule has 0 bridgehead atoms. The van der Waals surface area contributed by atoms with Crippen LogP contribution in [-0.4, -0.2) is 21.1 Å². The van der Waals surface area contributed by atoms with Gasteiger partial charge in [-0.25, -0.2) is 9.66 Å². The minimum absolute atomic E-state index is 0.151. The van der Waals surface area contributed by atoms with Gasteiger partial charge in [-0.05, 0) is 30.0 Å². The highest BCUT2D eigenvalue weighted by atomic mass is 32.1. The van der Waals surface area contributed by atoms with Crippen molar-refractivity contribution in [2.45, 2.75) is 26.4 Å². The molecule has 0 unspecified atom stereocenters. The average molecular weight is 403 g/mol. The molecule has 2 N–H and O–H groups in total. The lowest BCUT2D eigenvalue weighted by Crippen LogP contribution is -2.32. The number of nitrogens with two attached hydrogens (primary N) is 1. The Labute approximate surface area is 173 Å². The molecule has 6 heteroatoms. The molecule has 2 aromatic heterocycles. The van der Waals surface area contributed by atoms with E-state index in [2.05, 4.69) is 29.2 Å². The van der Waals surface area contributed by atoms with Crippen LogP contribution in [0.15, 0.2) is 59.4 Å². The van der Waals surface area contributed by atoms with Crippen molar-refractivity contribution in [1.29, 1.82) is 0 Å². The Balaban J connectivity index is 1.56. The molecule has 1 aliphatic rings. The smallest absolute Gasteiger partial charge is 0.281 e. The van der Waals surface area contributed by atoms with Crippen LogP contribution >= 0.6 is 11.3 Å². The lowest BCUT2D eigenvalue weighted by atomic mass is 10.0. The zero-order valence-electron chi connectivity index (χ0n) is 16.3. The Hall–Kier alpha value is -2.96. The molecule has 0 atom stereocenters. The van der Waals surface area contributed by atoms with E-state index in [9.17, 15) is 4.79 Å². The summed E-state index contributed by atoms with van der Waals surface area (Å²) in [6, 6.07) is 18.4. The molecule has 29 heavy (non-hydrogen) atoms. The van der Waals surface area contributed by atoms with E-state index in [1.165, 1.54) is 15.1 Å². The Kier molecular flexibility index (Phi) is 4.45. The van der Waals surface area contributed by atoms with Gasteiger partial charge in [0.1, 0.15) is 4.83 Å². The molecular formula is C23H22N4OS. The quantitative estimate of drug-likeness (QED) is 0.531. The van der Waals surface area contributed by atoms with Gasteiger partial charge in [-0.15, -0.1) is 11.3 Å². The van der Waals surface area contributed by atoms with Gasteiger partial charge in [0.25, 0.3) is 5.56 Å². The van der Waals surface area contributed by atoms with Crippen LogP contribution in [0.4, 0.5) is 0 Å². The summed E-state index contributed by atoms with van der Waals surface area (Å²) in [6.45, 7) is 4.69. The molecule has 4 aromatic rings. The summed E-state index contributed by atoms with van der Waals surface area (Å²) in [5, 5.41) is 0.698. The predicted molar refractivity (Wildman–Crippen MR) is 118 cm³/mol. The number of benzene rings is 2. The molecule has 0 spiro atoms. The molecule has 0 radical (unpaired) electrons. The molecule has 0 fully saturated rings. The van der Waals surface area contributed by atoms with Crippen molar-refractivity contribution in [3.8, 4) is 11.4 Å². The summed E-state index contributed by atoms with van der Waals surface area (Å²) in [5.41, 5.74) is 4.23. The summed E-state index contributed by atoms with van der Waals surface area (Å²) < 4.78 is 1.22. The van der Waals surface area contributed by atoms with Crippen molar-refractivity contribution in [3.05, 3.63) is 86.5 Å². The molecule has 0 saturated carbocycles. The lowest BCUT2D eigenvalue weighted by Gasteiger charge is -2.26. The number of hydrogen-bond acceptors (Lipinski definition) is 5. The van der Waals surface area contributed by atoms with Gasteiger partial charge < -0.3 is 5.84 Å². The van der Waals surface area contributed by atoms with Crippen molar-refractivity contribution < 1.29 is 0 Å². The molecule has 146 valence electrons. The number of aryl methyl sites for hydroxylation is 1. The third-order valence-corrected chi connectivity index (χ3v) is 6.73. The summed E-state index contributed by atoms with van der Waals surface area (Å²) in [5.74, 6) is 6.74. The van der Waals surface area contributed by atoms with Crippen molar-refractivity contribution in [2.24, 2.45) is 0 Å². The third-order valence-electron chi connectivity index (χ3n) is 5.62. The first kappa shape index (κ1) is 18.1. The van der Waals surface area contributed by atoms with Crippen molar-refractivity contribution in [1.82, 2.24) is 14.6 Å². The average Bonchev–Trinajstić information content (AvgIpc) is 3.10. The van der Waals surface area contributed by atoms with Crippen LogP contribution in [-0.2, 0) is 19.5 Å². The van der Waals surface area contributed by atoms with E-state index in [4.69, 9.17) is 10.8 Å². The number of fused-ring (bicyclic) bond motifs is 3. The fourth-order valence-electron chi connectivity index (χ4n) is 4.10. The monoisotopic (exact) mass is 402 g/mol. The van der Waals surface area contributed by atoms with Gasteiger partial charge in [-0.3, -0.25) is 9.69 Å². The first-order valence-electron chi connectivity index (χ1n) is 9.76. The van der Waals surface area contributed by atoms with Gasteiger partial charge in [0, 0.05) is 30.1 Å². The van der Waals surface area contributed by atoms with Crippen LogP contribution in [0.2, 0.25) is 0 Å². The number of nitrogens with zero attached hydrogens (tertiary/aromatic N) is 3. The Morgan fingerprint density at radius 1 is 1.10 bits per heavy atom. The van der Waals surface area contributed by atoms with Gasteiger partial charge in [-0.1, -0.05) is 54.6 Å². The molecule has 0 saturated heterocycles. The minimum atomic E-state index is -0.151. The van der Waals surface area contributed by atoms with E-state index < -0.39 is 0 Å². The highest BCUT2D eigenvalue weighted by Crippen LogP contribution is 2.34. The van der Waals surface area contributed by atoms with E-state index in [-0.39, 0.29) is 5.56 Å². The zero-order valence-corrected chi connectivity index (χ0v) is 17.1. The zero-order chi connectivity index (χ0) is 20.0. The van der Waals surface area contributed by atoms with Gasteiger partial charge in [0.05, 0.1) is 5.39 Å². The lowest BCUT2D eigenvalue weighted by molar-refractivity contribution is 0.249. The molecule has 2 aromatic carbocycles. The fraction of sp³-hybridized carbons (Fsp3) is 0.217. The maximum absolute atomic E-state index is 13.1. The van der Waals surface area contributed by atoms with Crippen molar-refractivity contribution in [3.63, 3.8) is 0 Å². The normalized spacial score (nSPS) is 14.2. The SMILES string of the molecule is Cc1ccccc1-c1nc2sc3c(c2c(=O)n1N)CCN(Cc1ccccc1)C3. The second-order valence-electron chi connectivity index (χ2n) is 7.56. The Morgan fingerprint density at radius 2 is 1.86 bits per heavy atom. The molecule has 5 rings (SSSR count). The summed E-state index contributed by atoms with van der Waals surface area (Å²) in [4.78, 5) is 22.4. The summed E-state index contributed by atoms with van der Waals surface area (Å²) in [7, 11) is 0. The van der Waals surface area contributed by atoms with Crippen LogP contribution < -0.4 is 11.4 Å². The number of thiophene rings is 1. The molecular weight excluding hydrogens is 380 g/mol. The second-order valence-corrected chi connectivity index (χ2v) is 8.64. The predicted octanol–water partition coefficient (Wildman–Crippen LogP) is 3.71. The van der Waals surface area contributed by atoms with Crippen LogP contribution in [0.5, 0.6) is 0 Å². The largest absolute Gasteiger partial charge is 0.334 e. The van der Waals surface area contributed by atoms with Crippen LogP contribution in [0.3, 0.4) is 0 Å². The van der Waals surface area contributed by atoms with Gasteiger partial charge in [0.2, 0.25) is 0 Å². The van der Waals surface area contributed by atoms with Gasteiger partial charge in [0.15, 0.2) is 5.82 Å². The minimum Gasteiger partial charge on any atom is -0.334 e. The van der Waals surface area contributed by atoms with Crippen LogP contribution in [0.25, 0.3) is 21.6 Å². The molecule has 0 aliphatic carbocycles. The maximum atomic E-state index is 13.1. The van der Waals surface area contributed by atoms with E-state index >= 15 is 0 Å². The number of rotatable bonds is 3. The van der Waals surface area contributed by atoms with Gasteiger partial charge in [-0.2, -0.15) is 0 Å². The Bertz CT molecular complexity index is 1260. The van der Waals surface area contributed by atoms with E-state index in [1.807, 2.05) is 37.3 Å². The van der Waals surface area contributed by atoms with Gasteiger partial charge >= 0.3 is 0 Å². The fourth-order valence-corrected chi connectivity index (χ4v) is 5.35. The standard InChI is InChI=1S/C23H22N4OS/c1-15-7-5-6-10-17(15)21-25-22-20(23(28)27(21)24)18-11-12-26(14-19(18)29-22)13-16-8-3-2-4-9-16/h2-10H,11-14,24H2,1H3. The third kappa shape index (κ3) is 3.14. The highest BCUT2D eigenvalue weighted by molar-refractivity contribution is 7.18. The van der Waals surface area contributed by atoms with E-state index in [0.717, 1.165) is 47.6 Å². The first-order valence-corrected chi connectivity index (χ1v) is 10.6. The van der Waals surface area contributed by atoms with Crippen LogP contribution in [0, 0.1) is 6.92 Å². The summed E-state index contributed by atoms with van der Waals surface area (Å²) in [6.07, 6.45) is 0.850. The van der Waals surface area contributed by atoms with Crippen molar-refractivity contribution >= 4 is 21.6 Å². The number of hydrogen-bond donors (Lipinski definition) is 1. The summed E-state index contributed by atoms with van der Waals surface area (Å²) >= 11 is 1.63. The first-order chi connectivity index (χ1) is 14.1. The Morgan fingerprint density at radius 3 is 2.66 bits per heavy atom. The van der Waals surface area contributed by atoms with Crippen LogP contribution in [0.1, 0.15) is 21.6 Å². The van der Waals surface area contributed by atoms with E-state index in [1.54, 1.807) is 11.3 Å². The number of aromatic nitrogens is 2. The van der Waals surface area contributed by atoms with E-state index in [0.29, 0.717) is 11.2 Å². The molecule has 1 aliphatic heterocycles. The second kappa shape index (κ2) is 7.13. The molecule has 0 amide bonds. The topological polar surface area (TPSA) is 64.1 Å². The number of nitrogen functional groups attached to an aromatic ring is 1.